The Morgan fingerprint density at radius 1 is 1.88 bits per heavy atom. The molecular weight excluding hydrogens is 108 g/mol. The topological polar surface area (TPSA) is 46.2 Å². The molecule has 0 unspecified atom stereocenters. The van der Waals surface area contributed by atoms with Crippen molar-refractivity contribution in [2.75, 3.05) is 14.2 Å². The molecule has 0 bridgehead atoms. The molecule has 0 aliphatic rings. The van der Waals surface area contributed by atoms with E-state index in [1.54, 1.807) is 0 Å². The Kier molecular flexibility index (Phi) is 3.14. The van der Waals surface area contributed by atoms with Crippen molar-refractivity contribution in [1.29, 1.82) is 0 Å². The Labute approximate surface area is 48.4 Å². The first-order chi connectivity index (χ1) is 3.72. The Morgan fingerprint density at radius 3 is 2.50 bits per heavy atom. The molecule has 0 saturated heterocycles. The number of carbonyl (C=O) groups excluding carboxylic acids is 1. The van der Waals surface area contributed by atoms with Crippen LogP contribution >= 0.6 is 0 Å². The van der Waals surface area contributed by atoms with Gasteiger partial charge in [0.25, 0.3) is 0 Å². The molecule has 48 valence electrons. The van der Waals surface area contributed by atoms with Gasteiger partial charge in [-0.15, -0.1) is 7.05 Å². The maximum atomic E-state index is 10.4. The largest absolute Gasteiger partial charge is 0.413 e. The number of quaternary nitrogens is 1. The number of nitrogens with zero attached hydrogens (tertiary/aromatic N) is 1. The van der Waals surface area contributed by atoms with Crippen molar-refractivity contribution in [3.05, 3.63) is 7.05 Å². The standard InChI is InChI=1S/C4H10N2O2/c1-5-4(7)6(2)8-3/h1,5H2,2-3H3. The lowest BCUT2D eigenvalue weighted by molar-refractivity contribution is -0.506. The summed E-state index contributed by atoms with van der Waals surface area (Å²) in [6, 6.07) is -0.243. The van der Waals surface area contributed by atoms with Crippen LogP contribution in [0.25, 0.3) is 0 Å². The van der Waals surface area contributed by atoms with Crippen molar-refractivity contribution < 1.29 is 14.9 Å². The maximum Gasteiger partial charge on any atom is 0.413 e. The third-order valence-corrected chi connectivity index (χ3v) is 0.759. The minimum Gasteiger partial charge on any atom is -0.393 e. The van der Waals surface area contributed by atoms with Gasteiger partial charge in [-0.3, -0.25) is 4.84 Å². The Balaban J connectivity index is 3.46. The zero-order valence-corrected chi connectivity index (χ0v) is 5.05. The normalized spacial score (nSPS) is 8.88. The summed E-state index contributed by atoms with van der Waals surface area (Å²) in [7, 11) is 6.19. The van der Waals surface area contributed by atoms with E-state index in [4.69, 9.17) is 0 Å². The van der Waals surface area contributed by atoms with Gasteiger partial charge in [0.15, 0.2) is 0 Å². The summed E-state index contributed by atoms with van der Waals surface area (Å²) >= 11 is 0. The van der Waals surface area contributed by atoms with E-state index in [-0.39, 0.29) is 6.03 Å². The van der Waals surface area contributed by atoms with Gasteiger partial charge in [-0.1, -0.05) is 0 Å². The van der Waals surface area contributed by atoms with Crippen molar-refractivity contribution in [1.82, 2.24) is 5.06 Å². The number of carbonyl (C=O) groups is 1. The highest BCUT2D eigenvalue weighted by Gasteiger charge is 2.03. The predicted octanol–water partition coefficient (Wildman–Crippen LogP) is -1.05. The van der Waals surface area contributed by atoms with Crippen molar-refractivity contribution in [3.8, 4) is 0 Å². The maximum absolute atomic E-state index is 10.4. The molecular formula is C4H10N2O2. The van der Waals surface area contributed by atoms with Crippen LogP contribution in [0.3, 0.4) is 0 Å². The fourth-order valence-corrected chi connectivity index (χ4v) is 0.219. The summed E-state index contributed by atoms with van der Waals surface area (Å²) in [6.45, 7) is 0. The van der Waals surface area contributed by atoms with Crippen LogP contribution in [0.1, 0.15) is 0 Å². The summed E-state index contributed by atoms with van der Waals surface area (Å²) in [4.78, 5) is 14.9. The molecule has 0 fully saturated rings. The fourth-order valence-electron chi connectivity index (χ4n) is 0.219. The van der Waals surface area contributed by atoms with Gasteiger partial charge in [-0.25, -0.2) is 4.79 Å². The van der Waals surface area contributed by atoms with Crippen LogP contribution in [0, 0.1) is 7.05 Å². The quantitative estimate of drug-likeness (QED) is 0.353. The van der Waals surface area contributed by atoms with E-state index >= 15 is 0 Å². The van der Waals surface area contributed by atoms with Gasteiger partial charge in [0.2, 0.25) is 0 Å². The zero-order chi connectivity index (χ0) is 6.57. The summed E-state index contributed by atoms with van der Waals surface area (Å²) in [5.41, 5.74) is 0. The molecule has 0 aliphatic carbocycles. The first-order valence-electron chi connectivity index (χ1n) is 2.16. The summed E-state index contributed by atoms with van der Waals surface area (Å²) in [5.74, 6) is 0. The number of hydrogen-bond acceptors (Lipinski definition) is 2. The zero-order valence-electron chi connectivity index (χ0n) is 5.05. The van der Waals surface area contributed by atoms with Gasteiger partial charge in [-0.05, 0) is 0 Å². The molecule has 0 atom stereocenters. The lowest BCUT2D eigenvalue weighted by Gasteiger charge is -2.09. The molecule has 4 heteroatoms. The summed E-state index contributed by atoms with van der Waals surface area (Å²) in [5, 5.41) is 2.27. The van der Waals surface area contributed by atoms with Crippen LogP contribution in [-0.2, 0) is 4.84 Å². The molecule has 4 nitrogen and oxygen atoms in total. The average Bonchev–Trinajstić information content (AvgIpc) is 1.84. The highest BCUT2D eigenvalue weighted by Crippen LogP contribution is 1.74. The molecule has 0 heterocycles. The van der Waals surface area contributed by atoms with Crippen LogP contribution in [0.15, 0.2) is 0 Å². The molecule has 0 aromatic heterocycles. The Morgan fingerprint density at radius 2 is 2.38 bits per heavy atom. The lowest BCUT2D eigenvalue weighted by atomic mass is 10.9. The van der Waals surface area contributed by atoms with Gasteiger partial charge in [-0.2, -0.15) is 5.06 Å². The van der Waals surface area contributed by atoms with Gasteiger partial charge in [0.05, 0.1) is 7.11 Å². The molecule has 0 radical (unpaired) electrons. The number of rotatable bonds is 1. The van der Waals surface area contributed by atoms with E-state index in [2.05, 4.69) is 11.9 Å². The first-order valence-corrected chi connectivity index (χ1v) is 2.16. The van der Waals surface area contributed by atoms with E-state index in [0.29, 0.717) is 0 Å². The highest BCUT2D eigenvalue weighted by atomic mass is 16.7. The van der Waals surface area contributed by atoms with Crippen molar-refractivity contribution >= 4 is 6.03 Å². The third kappa shape index (κ3) is 1.90. The van der Waals surface area contributed by atoms with E-state index in [1.807, 2.05) is 0 Å². The highest BCUT2D eigenvalue weighted by molar-refractivity contribution is 5.61. The second kappa shape index (κ2) is 3.40. The van der Waals surface area contributed by atoms with Gasteiger partial charge < -0.3 is 5.32 Å². The molecule has 8 heavy (non-hydrogen) atoms. The molecule has 0 rings (SSSR count). The molecule has 2 N–H and O–H groups in total. The number of urea groups is 1. The number of hydrogen-bond donors (Lipinski definition) is 1. The third-order valence-electron chi connectivity index (χ3n) is 0.759. The second-order valence-corrected chi connectivity index (χ2v) is 1.22. The number of primary amides is 1. The SMILES string of the molecule is [CH2-][NH2+]C(=O)N(C)OC. The number of nitrogens with two attached hydrogens (primary N) is 1. The molecule has 2 amide bonds. The Hall–Kier alpha value is -0.610. The Bertz CT molecular complexity index is 84.1. The predicted molar refractivity (Wildman–Crippen MR) is 27.5 cm³/mol. The molecule has 0 aromatic rings. The monoisotopic (exact) mass is 118 g/mol. The van der Waals surface area contributed by atoms with Crippen molar-refractivity contribution in [2.24, 2.45) is 0 Å². The lowest BCUT2D eigenvalue weighted by Crippen LogP contribution is -2.84. The molecule has 0 spiro atoms. The van der Waals surface area contributed by atoms with Gasteiger partial charge in [0.1, 0.15) is 0 Å². The first kappa shape index (κ1) is 7.39. The average molecular weight is 118 g/mol. The molecule has 0 aromatic carbocycles. The van der Waals surface area contributed by atoms with Crippen molar-refractivity contribution in [3.63, 3.8) is 0 Å². The smallest absolute Gasteiger partial charge is 0.393 e. The number of hydroxylamine groups is 2. The summed E-state index contributed by atoms with van der Waals surface area (Å²) in [6.07, 6.45) is 0. The molecule has 0 saturated carbocycles. The molecule has 0 aliphatic heterocycles. The van der Waals surface area contributed by atoms with E-state index in [9.17, 15) is 4.79 Å². The van der Waals surface area contributed by atoms with Crippen LogP contribution in [0.5, 0.6) is 0 Å². The van der Waals surface area contributed by atoms with E-state index in [1.165, 1.54) is 19.5 Å². The van der Waals surface area contributed by atoms with Gasteiger partial charge >= 0.3 is 6.03 Å². The second-order valence-electron chi connectivity index (χ2n) is 1.22. The minimum atomic E-state index is -0.243. The van der Waals surface area contributed by atoms with Crippen LogP contribution in [0.2, 0.25) is 0 Å². The van der Waals surface area contributed by atoms with Crippen molar-refractivity contribution in [2.45, 2.75) is 0 Å². The van der Waals surface area contributed by atoms with E-state index in [0.717, 1.165) is 5.06 Å². The fraction of sp³-hybridized carbons (Fsp3) is 0.500. The van der Waals surface area contributed by atoms with Crippen LogP contribution < -0.4 is 5.32 Å². The minimum absolute atomic E-state index is 0.243. The van der Waals surface area contributed by atoms with E-state index < -0.39 is 0 Å². The summed E-state index contributed by atoms with van der Waals surface area (Å²) < 4.78 is 0. The van der Waals surface area contributed by atoms with Crippen LogP contribution in [0.4, 0.5) is 4.79 Å². The van der Waals surface area contributed by atoms with Crippen LogP contribution in [-0.4, -0.2) is 25.3 Å². The van der Waals surface area contributed by atoms with Gasteiger partial charge in [0, 0.05) is 7.05 Å². The number of amides is 2.